The summed E-state index contributed by atoms with van der Waals surface area (Å²) < 4.78 is 34.2. The number of benzene rings is 1. The van der Waals surface area contributed by atoms with Crippen molar-refractivity contribution < 1.29 is 23.0 Å². The van der Waals surface area contributed by atoms with Crippen molar-refractivity contribution in [1.82, 2.24) is 0 Å². The lowest BCUT2D eigenvalue weighted by Crippen LogP contribution is -2.26. The molecule has 20 heavy (non-hydrogen) atoms. The topological polar surface area (TPSA) is 73.6 Å². The van der Waals surface area contributed by atoms with Crippen LogP contribution in [0.2, 0.25) is 0 Å². The number of amides is 1. The van der Waals surface area contributed by atoms with Gasteiger partial charge in [0.05, 0.1) is 0 Å². The highest BCUT2D eigenvalue weighted by atomic mass is 19.3. The van der Waals surface area contributed by atoms with Gasteiger partial charge < -0.3 is 20.5 Å². The average Bonchev–Trinajstić information content (AvgIpc) is 2.62. The highest BCUT2D eigenvalue weighted by Crippen LogP contribution is 2.42. The minimum atomic E-state index is -3.66. The molecule has 110 valence electrons. The van der Waals surface area contributed by atoms with Crippen molar-refractivity contribution in [3.05, 3.63) is 18.2 Å². The molecular weight excluding hydrogens is 270 g/mol. The Kier molecular flexibility index (Phi) is 4.08. The van der Waals surface area contributed by atoms with E-state index in [0.29, 0.717) is 5.69 Å². The van der Waals surface area contributed by atoms with Gasteiger partial charge in [-0.05, 0) is 18.6 Å². The highest BCUT2D eigenvalue weighted by Gasteiger charge is 2.43. The first-order chi connectivity index (χ1) is 9.39. The van der Waals surface area contributed by atoms with Crippen LogP contribution in [0.25, 0.3) is 0 Å². The molecule has 0 saturated heterocycles. The van der Waals surface area contributed by atoms with Crippen molar-refractivity contribution in [1.29, 1.82) is 0 Å². The lowest BCUT2D eigenvalue weighted by Gasteiger charge is -2.10. The van der Waals surface area contributed by atoms with E-state index in [2.05, 4.69) is 14.8 Å². The molecule has 1 aliphatic heterocycles. The number of alkyl halides is 2. The second-order valence-corrected chi connectivity index (χ2v) is 4.63. The Bertz CT molecular complexity index is 508. The Morgan fingerprint density at radius 3 is 2.80 bits per heavy atom. The molecule has 2 rings (SSSR count). The van der Waals surface area contributed by atoms with E-state index in [1.165, 1.54) is 18.2 Å². The molecule has 0 fully saturated rings. The third kappa shape index (κ3) is 3.57. The van der Waals surface area contributed by atoms with Gasteiger partial charge in [0.2, 0.25) is 5.91 Å². The molecule has 1 aromatic carbocycles. The summed E-state index contributed by atoms with van der Waals surface area (Å²) in [7, 11) is 0. The van der Waals surface area contributed by atoms with Gasteiger partial charge in [0.25, 0.3) is 0 Å². The number of anilines is 1. The molecule has 0 spiro atoms. The van der Waals surface area contributed by atoms with Crippen LogP contribution in [-0.4, -0.2) is 18.2 Å². The molecule has 0 aromatic heterocycles. The van der Waals surface area contributed by atoms with Crippen LogP contribution in [-0.2, 0) is 4.79 Å². The standard InChI is InChI=1S/C13H16F2N2O3/c1-2-3-8(16)6-12(18)17-9-4-5-10-11(7-9)20-13(14,15)19-10/h4-5,7-8H,2-3,6,16H2,1H3,(H,17,18). The van der Waals surface area contributed by atoms with Crippen LogP contribution in [0.3, 0.4) is 0 Å². The summed E-state index contributed by atoms with van der Waals surface area (Å²) in [5.41, 5.74) is 6.12. The third-order valence-corrected chi connectivity index (χ3v) is 2.79. The summed E-state index contributed by atoms with van der Waals surface area (Å²) in [6.07, 6.45) is -1.83. The Morgan fingerprint density at radius 1 is 1.40 bits per heavy atom. The maximum absolute atomic E-state index is 12.8. The second-order valence-electron chi connectivity index (χ2n) is 4.63. The lowest BCUT2D eigenvalue weighted by atomic mass is 10.1. The first kappa shape index (κ1) is 14.5. The van der Waals surface area contributed by atoms with Crippen LogP contribution >= 0.6 is 0 Å². The van der Waals surface area contributed by atoms with Crippen molar-refractivity contribution >= 4 is 11.6 Å². The van der Waals surface area contributed by atoms with E-state index in [4.69, 9.17) is 5.73 Å². The van der Waals surface area contributed by atoms with E-state index in [1.807, 2.05) is 6.92 Å². The molecule has 1 atom stereocenters. The predicted octanol–water partition coefficient (Wildman–Crippen LogP) is 2.46. The first-order valence-electron chi connectivity index (χ1n) is 6.35. The maximum atomic E-state index is 12.8. The molecule has 1 amide bonds. The summed E-state index contributed by atoms with van der Waals surface area (Å²) in [5.74, 6) is -0.432. The molecule has 3 N–H and O–H groups in total. The number of nitrogens with two attached hydrogens (primary N) is 1. The zero-order valence-electron chi connectivity index (χ0n) is 11.0. The van der Waals surface area contributed by atoms with E-state index in [0.717, 1.165) is 12.8 Å². The highest BCUT2D eigenvalue weighted by molar-refractivity contribution is 5.91. The summed E-state index contributed by atoms with van der Waals surface area (Å²) in [6, 6.07) is 3.86. The number of rotatable bonds is 5. The Morgan fingerprint density at radius 2 is 2.10 bits per heavy atom. The van der Waals surface area contributed by atoms with Gasteiger partial charge in [-0.3, -0.25) is 4.79 Å². The van der Waals surface area contributed by atoms with Crippen molar-refractivity contribution in [3.8, 4) is 11.5 Å². The van der Waals surface area contributed by atoms with Crippen molar-refractivity contribution in [2.45, 2.75) is 38.5 Å². The summed E-state index contributed by atoms with van der Waals surface area (Å²) >= 11 is 0. The largest absolute Gasteiger partial charge is 0.586 e. The lowest BCUT2D eigenvalue weighted by molar-refractivity contribution is -0.286. The molecule has 1 aliphatic rings. The molecule has 0 aliphatic carbocycles. The number of hydrogen-bond donors (Lipinski definition) is 2. The molecule has 1 aromatic rings. The van der Waals surface area contributed by atoms with Gasteiger partial charge in [-0.15, -0.1) is 8.78 Å². The average molecular weight is 286 g/mol. The van der Waals surface area contributed by atoms with Gasteiger partial charge in [0.15, 0.2) is 11.5 Å². The minimum absolute atomic E-state index is 0.0596. The number of carbonyl (C=O) groups excluding carboxylic acids is 1. The molecule has 0 bridgehead atoms. The van der Waals surface area contributed by atoms with E-state index >= 15 is 0 Å². The molecule has 7 heteroatoms. The summed E-state index contributed by atoms with van der Waals surface area (Å²) in [4.78, 5) is 11.7. The molecule has 0 saturated carbocycles. The van der Waals surface area contributed by atoms with Crippen LogP contribution in [0.1, 0.15) is 26.2 Å². The monoisotopic (exact) mass is 286 g/mol. The smallest absolute Gasteiger partial charge is 0.395 e. The fourth-order valence-corrected chi connectivity index (χ4v) is 1.95. The summed E-state index contributed by atoms with van der Waals surface area (Å²) in [6.45, 7) is 1.98. The van der Waals surface area contributed by atoms with E-state index in [1.54, 1.807) is 0 Å². The number of hydrogen-bond acceptors (Lipinski definition) is 4. The van der Waals surface area contributed by atoms with Gasteiger partial charge in [0.1, 0.15) is 0 Å². The van der Waals surface area contributed by atoms with Crippen LogP contribution in [0.4, 0.5) is 14.5 Å². The maximum Gasteiger partial charge on any atom is 0.586 e. The Balaban J connectivity index is 1.97. The van der Waals surface area contributed by atoms with Gasteiger partial charge in [-0.25, -0.2) is 0 Å². The molecule has 1 heterocycles. The number of carbonyl (C=O) groups is 1. The fourth-order valence-electron chi connectivity index (χ4n) is 1.95. The number of ether oxygens (including phenoxy) is 2. The van der Waals surface area contributed by atoms with E-state index in [-0.39, 0.29) is 29.9 Å². The third-order valence-electron chi connectivity index (χ3n) is 2.79. The van der Waals surface area contributed by atoms with Crippen molar-refractivity contribution in [2.24, 2.45) is 5.73 Å². The van der Waals surface area contributed by atoms with Crippen molar-refractivity contribution in [3.63, 3.8) is 0 Å². The SMILES string of the molecule is CCCC(N)CC(=O)Nc1ccc2c(c1)OC(F)(F)O2. The van der Waals surface area contributed by atoms with Gasteiger partial charge in [-0.2, -0.15) is 0 Å². The van der Waals surface area contributed by atoms with E-state index < -0.39 is 6.29 Å². The van der Waals surface area contributed by atoms with Gasteiger partial charge in [-0.1, -0.05) is 13.3 Å². The van der Waals surface area contributed by atoms with Gasteiger partial charge in [0, 0.05) is 24.2 Å². The zero-order chi connectivity index (χ0) is 14.8. The van der Waals surface area contributed by atoms with Crippen LogP contribution in [0.5, 0.6) is 11.5 Å². The summed E-state index contributed by atoms with van der Waals surface area (Å²) in [5, 5.41) is 2.59. The normalized spacial score (nSPS) is 16.8. The second kappa shape index (κ2) is 5.62. The van der Waals surface area contributed by atoms with E-state index in [9.17, 15) is 13.6 Å². The minimum Gasteiger partial charge on any atom is -0.395 e. The Labute approximate surface area is 115 Å². The first-order valence-corrected chi connectivity index (χ1v) is 6.35. The molecule has 0 radical (unpaired) electrons. The number of fused-ring (bicyclic) bond motifs is 1. The number of nitrogens with one attached hydrogen (secondary N) is 1. The quantitative estimate of drug-likeness (QED) is 0.872. The van der Waals surface area contributed by atoms with Crippen LogP contribution < -0.4 is 20.5 Å². The zero-order valence-corrected chi connectivity index (χ0v) is 11.0. The molecule has 5 nitrogen and oxygen atoms in total. The van der Waals surface area contributed by atoms with Crippen LogP contribution in [0, 0.1) is 0 Å². The van der Waals surface area contributed by atoms with Gasteiger partial charge >= 0.3 is 6.29 Å². The van der Waals surface area contributed by atoms with Crippen LogP contribution in [0.15, 0.2) is 18.2 Å². The molecular formula is C13H16F2N2O3. The predicted molar refractivity (Wildman–Crippen MR) is 68.8 cm³/mol. The van der Waals surface area contributed by atoms with Crippen molar-refractivity contribution in [2.75, 3.05) is 5.32 Å². The fraction of sp³-hybridized carbons (Fsp3) is 0.462. The molecule has 1 unspecified atom stereocenters. The number of halogens is 2. The Hall–Kier alpha value is -1.89.